The SMILES string of the molecule is CCC(C)N(CC(=O)O)CC(=O)Nc1ccc(Br)cc1F. The van der Waals surface area contributed by atoms with Crippen LogP contribution in [0.15, 0.2) is 22.7 Å². The number of halogens is 2. The van der Waals surface area contributed by atoms with Crippen LogP contribution in [0.25, 0.3) is 0 Å². The highest BCUT2D eigenvalue weighted by atomic mass is 79.9. The first kappa shape index (κ1) is 17.6. The topological polar surface area (TPSA) is 69.6 Å². The average molecular weight is 361 g/mol. The monoisotopic (exact) mass is 360 g/mol. The number of aliphatic carboxylic acids is 1. The number of carbonyl (C=O) groups excluding carboxylic acids is 1. The van der Waals surface area contributed by atoms with Gasteiger partial charge in [-0.3, -0.25) is 14.5 Å². The molecule has 1 rings (SSSR count). The number of hydrogen-bond acceptors (Lipinski definition) is 3. The van der Waals surface area contributed by atoms with Gasteiger partial charge in [0, 0.05) is 10.5 Å². The number of rotatable bonds is 7. The van der Waals surface area contributed by atoms with Crippen LogP contribution in [0, 0.1) is 5.82 Å². The molecule has 0 aliphatic carbocycles. The number of amides is 1. The third-order valence-electron chi connectivity index (χ3n) is 3.10. The number of nitrogens with zero attached hydrogens (tertiary/aromatic N) is 1. The highest BCUT2D eigenvalue weighted by Crippen LogP contribution is 2.19. The first-order chi connectivity index (χ1) is 9.83. The number of anilines is 1. The largest absolute Gasteiger partial charge is 0.480 e. The zero-order valence-corrected chi connectivity index (χ0v) is 13.5. The van der Waals surface area contributed by atoms with Gasteiger partial charge < -0.3 is 10.4 Å². The van der Waals surface area contributed by atoms with Gasteiger partial charge in [-0.25, -0.2) is 4.39 Å². The van der Waals surface area contributed by atoms with Crippen LogP contribution in [0.3, 0.4) is 0 Å². The maximum atomic E-state index is 13.6. The van der Waals surface area contributed by atoms with Crippen LogP contribution in [-0.4, -0.2) is 41.0 Å². The van der Waals surface area contributed by atoms with Gasteiger partial charge in [-0.2, -0.15) is 0 Å². The normalized spacial score (nSPS) is 12.2. The van der Waals surface area contributed by atoms with Crippen LogP contribution < -0.4 is 5.32 Å². The Labute approximate surface area is 131 Å². The van der Waals surface area contributed by atoms with Gasteiger partial charge in [-0.15, -0.1) is 0 Å². The predicted octanol–water partition coefficient (Wildman–Crippen LogP) is 2.71. The number of benzene rings is 1. The van der Waals surface area contributed by atoms with Crippen LogP contribution in [-0.2, 0) is 9.59 Å². The molecule has 0 heterocycles. The molecule has 5 nitrogen and oxygen atoms in total. The van der Waals surface area contributed by atoms with E-state index in [1.54, 1.807) is 6.07 Å². The zero-order chi connectivity index (χ0) is 16.0. The minimum Gasteiger partial charge on any atom is -0.480 e. The van der Waals surface area contributed by atoms with Crippen LogP contribution in [0.4, 0.5) is 10.1 Å². The molecule has 0 aromatic heterocycles. The van der Waals surface area contributed by atoms with Crippen molar-refractivity contribution in [2.45, 2.75) is 26.3 Å². The van der Waals surface area contributed by atoms with Crippen LogP contribution in [0.5, 0.6) is 0 Å². The quantitative estimate of drug-likeness (QED) is 0.784. The van der Waals surface area contributed by atoms with Gasteiger partial charge in [0.2, 0.25) is 5.91 Å². The van der Waals surface area contributed by atoms with Gasteiger partial charge in [0.25, 0.3) is 0 Å². The average Bonchev–Trinajstić information content (AvgIpc) is 2.39. The standard InChI is InChI=1S/C14H18BrFN2O3/c1-3-9(2)18(8-14(20)21)7-13(19)17-12-5-4-10(15)6-11(12)16/h4-6,9H,3,7-8H2,1-2H3,(H,17,19)(H,20,21). The molecule has 0 saturated heterocycles. The summed E-state index contributed by atoms with van der Waals surface area (Å²) in [7, 11) is 0. The van der Waals surface area contributed by atoms with E-state index in [0.29, 0.717) is 10.9 Å². The fraction of sp³-hybridized carbons (Fsp3) is 0.429. The van der Waals surface area contributed by atoms with Crippen LogP contribution in [0.2, 0.25) is 0 Å². The Balaban J connectivity index is 2.71. The van der Waals surface area contributed by atoms with E-state index in [-0.39, 0.29) is 24.8 Å². The zero-order valence-electron chi connectivity index (χ0n) is 11.9. The Morgan fingerprint density at radius 2 is 2.10 bits per heavy atom. The van der Waals surface area contributed by atoms with E-state index in [0.717, 1.165) is 0 Å². The maximum Gasteiger partial charge on any atom is 0.317 e. The van der Waals surface area contributed by atoms with Crippen molar-refractivity contribution in [2.24, 2.45) is 0 Å². The van der Waals surface area contributed by atoms with Crippen LogP contribution >= 0.6 is 15.9 Å². The Morgan fingerprint density at radius 3 is 2.62 bits per heavy atom. The molecule has 116 valence electrons. The molecule has 0 radical (unpaired) electrons. The summed E-state index contributed by atoms with van der Waals surface area (Å²) in [5, 5.41) is 11.3. The lowest BCUT2D eigenvalue weighted by Crippen LogP contribution is -2.42. The second-order valence-corrected chi connectivity index (χ2v) is 5.64. The number of carboxylic acid groups (broad SMARTS) is 1. The second-order valence-electron chi connectivity index (χ2n) is 4.73. The Bertz CT molecular complexity index is 525. The molecule has 0 fully saturated rings. The molecule has 1 aromatic rings. The fourth-order valence-electron chi connectivity index (χ4n) is 1.76. The summed E-state index contributed by atoms with van der Waals surface area (Å²) < 4.78 is 14.2. The van der Waals surface area contributed by atoms with Gasteiger partial charge in [0.05, 0.1) is 18.8 Å². The van der Waals surface area contributed by atoms with Gasteiger partial charge >= 0.3 is 5.97 Å². The van der Waals surface area contributed by atoms with E-state index < -0.39 is 17.7 Å². The molecule has 1 aromatic carbocycles. The summed E-state index contributed by atoms with van der Waals surface area (Å²) in [6.07, 6.45) is 0.715. The third kappa shape index (κ3) is 5.81. The first-order valence-electron chi connectivity index (χ1n) is 6.54. The predicted molar refractivity (Wildman–Crippen MR) is 81.7 cm³/mol. The maximum absolute atomic E-state index is 13.6. The highest BCUT2D eigenvalue weighted by Gasteiger charge is 2.19. The van der Waals surface area contributed by atoms with E-state index in [1.807, 2.05) is 13.8 Å². The molecule has 7 heteroatoms. The molecular weight excluding hydrogens is 343 g/mol. The van der Waals surface area contributed by atoms with Crippen molar-refractivity contribution in [3.05, 3.63) is 28.5 Å². The van der Waals surface area contributed by atoms with Crippen molar-refractivity contribution in [2.75, 3.05) is 18.4 Å². The molecule has 0 bridgehead atoms. The number of carbonyl (C=O) groups is 2. The van der Waals surface area contributed by atoms with Crippen LogP contribution in [0.1, 0.15) is 20.3 Å². The van der Waals surface area contributed by atoms with Gasteiger partial charge in [-0.1, -0.05) is 22.9 Å². The van der Waals surface area contributed by atoms with Crippen molar-refractivity contribution < 1.29 is 19.1 Å². The Hall–Kier alpha value is -1.47. The van der Waals surface area contributed by atoms with Crippen molar-refractivity contribution in [1.29, 1.82) is 0 Å². The molecule has 0 spiro atoms. The summed E-state index contributed by atoms with van der Waals surface area (Å²) in [6.45, 7) is 3.42. The lowest BCUT2D eigenvalue weighted by Gasteiger charge is -2.25. The fourth-order valence-corrected chi connectivity index (χ4v) is 2.10. The van der Waals surface area contributed by atoms with E-state index in [4.69, 9.17) is 5.11 Å². The lowest BCUT2D eigenvalue weighted by atomic mass is 10.2. The second kappa shape index (κ2) is 8.09. The van der Waals surface area contributed by atoms with E-state index in [2.05, 4.69) is 21.2 Å². The molecule has 0 saturated carbocycles. The minimum atomic E-state index is -1.00. The first-order valence-corrected chi connectivity index (χ1v) is 7.33. The van der Waals surface area contributed by atoms with E-state index >= 15 is 0 Å². The lowest BCUT2D eigenvalue weighted by molar-refractivity contribution is -0.139. The van der Waals surface area contributed by atoms with Gasteiger partial charge in [0.15, 0.2) is 0 Å². The smallest absolute Gasteiger partial charge is 0.317 e. The Morgan fingerprint density at radius 1 is 1.43 bits per heavy atom. The summed E-state index contributed by atoms with van der Waals surface area (Å²) in [5.41, 5.74) is 0.0719. The summed E-state index contributed by atoms with van der Waals surface area (Å²) in [5.74, 6) is -2.00. The summed E-state index contributed by atoms with van der Waals surface area (Å²) in [6, 6.07) is 4.26. The van der Waals surface area contributed by atoms with Crippen molar-refractivity contribution in [3.8, 4) is 0 Å². The summed E-state index contributed by atoms with van der Waals surface area (Å²) >= 11 is 3.13. The van der Waals surface area contributed by atoms with E-state index in [1.165, 1.54) is 17.0 Å². The molecule has 0 aliphatic heterocycles. The van der Waals surface area contributed by atoms with Crippen molar-refractivity contribution >= 4 is 33.5 Å². The number of carboxylic acids is 1. The van der Waals surface area contributed by atoms with Crippen molar-refractivity contribution in [3.63, 3.8) is 0 Å². The van der Waals surface area contributed by atoms with Gasteiger partial charge in [0.1, 0.15) is 5.82 Å². The number of nitrogens with one attached hydrogen (secondary N) is 1. The molecule has 21 heavy (non-hydrogen) atoms. The molecule has 1 atom stereocenters. The molecule has 1 unspecified atom stereocenters. The number of hydrogen-bond donors (Lipinski definition) is 2. The Kier molecular flexibility index (Phi) is 6.77. The summed E-state index contributed by atoms with van der Waals surface area (Å²) in [4.78, 5) is 24.3. The minimum absolute atomic E-state index is 0.0541. The van der Waals surface area contributed by atoms with E-state index in [9.17, 15) is 14.0 Å². The molecule has 2 N–H and O–H groups in total. The highest BCUT2D eigenvalue weighted by molar-refractivity contribution is 9.10. The molecule has 1 amide bonds. The third-order valence-corrected chi connectivity index (χ3v) is 3.60. The van der Waals surface area contributed by atoms with Crippen molar-refractivity contribution in [1.82, 2.24) is 4.90 Å². The molecular formula is C14H18BrFN2O3. The van der Waals surface area contributed by atoms with Gasteiger partial charge in [-0.05, 0) is 31.5 Å². The molecule has 0 aliphatic rings.